The first-order chi connectivity index (χ1) is 22.1. The van der Waals surface area contributed by atoms with Crippen LogP contribution in [0.15, 0.2) is 83.6 Å². The molecule has 0 bridgehead atoms. The highest BCUT2D eigenvalue weighted by molar-refractivity contribution is 7.08. The summed E-state index contributed by atoms with van der Waals surface area (Å²) in [7, 11) is 0. The zero-order valence-electron chi connectivity index (χ0n) is 25.1. The van der Waals surface area contributed by atoms with E-state index in [4.69, 9.17) is 5.11 Å². The SMILES string of the molecule is O=C(O)CCNC(=O)c1ccc(CC(C(=O)Nc2cc(-c3ccsc3)cc(C(F)(F)F)c2)c2ccc(C3CCCCC3)cc2)cc1. The molecule has 1 aliphatic rings. The molecule has 1 saturated carbocycles. The van der Waals surface area contributed by atoms with E-state index in [1.807, 2.05) is 12.1 Å². The molecule has 4 aromatic rings. The Labute approximate surface area is 269 Å². The normalized spacial score (nSPS) is 14.4. The molecule has 3 aromatic carbocycles. The number of aliphatic carboxylic acids is 1. The molecule has 6 nitrogen and oxygen atoms in total. The van der Waals surface area contributed by atoms with E-state index in [0.717, 1.165) is 36.1 Å². The molecule has 1 aliphatic carbocycles. The summed E-state index contributed by atoms with van der Waals surface area (Å²) in [6.45, 7) is -0.00131. The fraction of sp³-hybridized carbons (Fsp3) is 0.306. The third kappa shape index (κ3) is 8.63. The first-order valence-electron chi connectivity index (χ1n) is 15.3. The Bertz CT molecular complexity index is 1650. The van der Waals surface area contributed by atoms with Crippen LogP contribution in [0.2, 0.25) is 0 Å². The number of halogens is 3. The molecule has 2 amide bonds. The van der Waals surface area contributed by atoms with Crippen molar-refractivity contribution in [2.45, 2.75) is 63.0 Å². The van der Waals surface area contributed by atoms with Crippen molar-refractivity contribution in [1.29, 1.82) is 0 Å². The Morgan fingerprint density at radius 1 is 0.891 bits per heavy atom. The third-order valence-corrected chi connectivity index (χ3v) is 9.08. The molecule has 3 N–H and O–H groups in total. The number of thiophene rings is 1. The van der Waals surface area contributed by atoms with Gasteiger partial charge in [0.05, 0.1) is 17.9 Å². The number of rotatable bonds is 11. The summed E-state index contributed by atoms with van der Waals surface area (Å²) < 4.78 is 41.6. The maximum atomic E-state index is 13.9. The first kappa shape index (κ1) is 32.9. The first-order valence-corrected chi connectivity index (χ1v) is 16.3. The summed E-state index contributed by atoms with van der Waals surface area (Å²) in [6, 6.07) is 19.9. The number of carbonyl (C=O) groups excluding carboxylic acids is 2. The van der Waals surface area contributed by atoms with Gasteiger partial charge >= 0.3 is 12.1 Å². The highest BCUT2D eigenvalue weighted by Gasteiger charge is 2.32. The zero-order chi connectivity index (χ0) is 32.7. The number of anilines is 1. The Balaban J connectivity index is 1.41. The van der Waals surface area contributed by atoms with Crippen LogP contribution in [-0.4, -0.2) is 29.4 Å². The lowest BCUT2D eigenvalue weighted by molar-refractivity contribution is -0.138. The standard InChI is InChI=1S/C36H35F3N2O4S/c37-36(38,39)30-19-29(28-15-17-46-22-28)20-31(21-30)41-35(45)32(26-12-10-25(11-13-26)24-4-2-1-3-5-24)18-23-6-8-27(9-7-23)34(44)40-16-14-33(42)43/h6-13,15,17,19-22,24,32H,1-5,14,16,18H2,(H,40,44)(H,41,45)(H,42,43). The predicted molar refractivity (Wildman–Crippen MR) is 173 cm³/mol. The average Bonchev–Trinajstić information content (AvgIpc) is 3.59. The third-order valence-electron chi connectivity index (χ3n) is 8.39. The number of hydrogen-bond acceptors (Lipinski definition) is 4. The second-order valence-electron chi connectivity index (χ2n) is 11.7. The fourth-order valence-electron chi connectivity index (χ4n) is 5.90. The molecule has 0 aliphatic heterocycles. The van der Waals surface area contributed by atoms with Crippen LogP contribution in [0.5, 0.6) is 0 Å². The average molecular weight is 649 g/mol. The second-order valence-corrected chi connectivity index (χ2v) is 12.4. The summed E-state index contributed by atoms with van der Waals surface area (Å²) in [5.41, 5.74) is 3.25. The molecule has 1 aromatic heterocycles. The molecule has 46 heavy (non-hydrogen) atoms. The van der Waals surface area contributed by atoms with E-state index in [1.54, 1.807) is 47.2 Å². The summed E-state index contributed by atoms with van der Waals surface area (Å²) in [4.78, 5) is 37.1. The van der Waals surface area contributed by atoms with E-state index in [-0.39, 0.29) is 25.1 Å². The lowest BCUT2D eigenvalue weighted by Crippen LogP contribution is -2.26. The van der Waals surface area contributed by atoms with Gasteiger partial charge in [-0.05, 0) is 100 Å². The molecule has 1 fully saturated rings. The van der Waals surface area contributed by atoms with E-state index in [2.05, 4.69) is 22.8 Å². The molecule has 0 saturated heterocycles. The van der Waals surface area contributed by atoms with Crippen LogP contribution in [-0.2, 0) is 22.2 Å². The highest BCUT2D eigenvalue weighted by Crippen LogP contribution is 2.37. The minimum absolute atomic E-state index is 0.00131. The molecule has 1 heterocycles. The Morgan fingerprint density at radius 3 is 2.24 bits per heavy atom. The lowest BCUT2D eigenvalue weighted by atomic mass is 9.83. The molecule has 10 heteroatoms. The largest absolute Gasteiger partial charge is 0.481 e. The maximum absolute atomic E-state index is 13.9. The van der Waals surface area contributed by atoms with Crippen molar-refractivity contribution in [2.75, 3.05) is 11.9 Å². The number of hydrogen-bond donors (Lipinski definition) is 3. The van der Waals surface area contributed by atoms with Crippen molar-refractivity contribution in [3.8, 4) is 11.1 Å². The van der Waals surface area contributed by atoms with Crippen molar-refractivity contribution < 1.29 is 32.7 Å². The van der Waals surface area contributed by atoms with E-state index in [0.29, 0.717) is 22.6 Å². The second kappa shape index (κ2) is 14.8. The van der Waals surface area contributed by atoms with Gasteiger partial charge in [0.1, 0.15) is 0 Å². The number of nitrogens with one attached hydrogen (secondary N) is 2. The van der Waals surface area contributed by atoms with Crippen LogP contribution in [0.25, 0.3) is 11.1 Å². The highest BCUT2D eigenvalue weighted by atomic mass is 32.1. The molecule has 5 rings (SSSR count). The summed E-state index contributed by atoms with van der Waals surface area (Å²) >= 11 is 1.37. The number of amides is 2. The van der Waals surface area contributed by atoms with Gasteiger partial charge in [-0.1, -0.05) is 55.7 Å². The number of carbonyl (C=O) groups is 3. The molecule has 0 radical (unpaired) electrons. The number of benzene rings is 3. The number of carboxylic acid groups (broad SMARTS) is 1. The molecule has 240 valence electrons. The minimum Gasteiger partial charge on any atom is -0.481 e. The Morgan fingerprint density at radius 2 is 1.61 bits per heavy atom. The van der Waals surface area contributed by atoms with Gasteiger partial charge in [0, 0.05) is 17.8 Å². The van der Waals surface area contributed by atoms with Crippen LogP contribution in [0.3, 0.4) is 0 Å². The van der Waals surface area contributed by atoms with E-state index >= 15 is 0 Å². The van der Waals surface area contributed by atoms with Crippen LogP contribution in [0, 0.1) is 0 Å². The fourth-order valence-corrected chi connectivity index (χ4v) is 6.56. The van der Waals surface area contributed by atoms with Crippen LogP contribution >= 0.6 is 11.3 Å². The predicted octanol–water partition coefficient (Wildman–Crippen LogP) is 8.65. The van der Waals surface area contributed by atoms with Gasteiger partial charge in [-0.2, -0.15) is 24.5 Å². The van der Waals surface area contributed by atoms with Crippen LogP contribution in [0.1, 0.15) is 83.0 Å². The van der Waals surface area contributed by atoms with Gasteiger partial charge in [0.2, 0.25) is 5.91 Å². The van der Waals surface area contributed by atoms with Crippen molar-refractivity contribution in [3.63, 3.8) is 0 Å². The van der Waals surface area contributed by atoms with Gasteiger partial charge in [-0.25, -0.2) is 0 Å². The number of carboxylic acids is 1. The van der Waals surface area contributed by atoms with Crippen LogP contribution in [0.4, 0.5) is 18.9 Å². The summed E-state index contributed by atoms with van der Waals surface area (Å²) in [5, 5.41) is 17.7. The molecule has 1 unspecified atom stereocenters. The topological polar surface area (TPSA) is 95.5 Å². The van der Waals surface area contributed by atoms with Gasteiger partial charge in [-0.3, -0.25) is 14.4 Å². The smallest absolute Gasteiger partial charge is 0.416 e. The molecular weight excluding hydrogens is 613 g/mol. The van der Waals surface area contributed by atoms with Gasteiger partial charge in [0.15, 0.2) is 0 Å². The number of alkyl halides is 3. The van der Waals surface area contributed by atoms with Crippen molar-refractivity contribution in [3.05, 3.63) is 111 Å². The van der Waals surface area contributed by atoms with Crippen molar-refractivity contribution in [1.82, 2.24) is 5.32 Å². The van der Waals surface area contributed by atoms with Crippen LogP contribution < -0.4 is 10.6 Å². The quantitative estimate of drug-likeness (QED) is 0.152. The van der Waals surface area contributed by atoms with Gasteiger partial charge in [0.25, 0.3) is 5.91 Å². The lowest BCUT2D eigenvalue weighted by Gasteiger charge is -2.23. The van der Waals surface area contributed by atoms with E-state index < -0.39 is 35.4 Å². The van der Waals surface area contributed by atoms with Gasteiger partial charge < -0.3 is 15.7 Å². The van der Waals surface area contributed by atoms with E-state index in [1.165, 1.54) is 36.2 Å². The monoisotopic (exact) mass is 648 g/mol. The Kier molecular flexibility index (Phi) is 10.6. The van der Waals surface area contributed by atoms with Crippen molar-refractivity contribution in [2.24, 2.45) is 0 Å². The molecule has 0 spiro atoms. The molecular formula is C36H35F3N2O4S. The maximum Gasteiger partial charge on any atom is 0.416 e. The zero-order valence-corrected chi connectivity index (χ0v) is 25.9. The Hall–Kier alpha value is -4.44. The van der Waals surface area contributed by atoms with Gasteiger partial charge in [-0.15, -0.1) is 0 Å². The van der Waals surface area contributed by atoms with E-state index in [9.17, 15) is 27.6 Å². The minimum atomic E-state index is -4.60. The summed E-state index contributed by atoms with van der Waals surface area (Å²) in [5.74, 6) is -2.12. The molecule has 1 atom stereocenters. The summed E-state index contributed by atoms with van der Waals surface area (Å²) in [6.07, 6.45) is 1.32. The van der Waals surface area contributed by atoms with Crippen molar-refractivity contribution >= 4 is 34.8 Å².